The van der Waals surface area contributed by atoms with Gasteiger partial charge in [-0.05, 0) is 19.8 Å². The molecule has 0 aromatic carbocycles. The van der Waals surface area contributed by atoms with Crippen molar-refractivity contribution in [2.45, 2.75) is 26.7 Å². The van der Waals surface area contributed by atoms with E-state index in [1.54, 1.807) is 6.92 Å². The molecule has 0 aliphatic heterocycles. The summed E-state index contributed by atoms with van der Waals surface area (Å²) < 4.78 is 5.06. The summed E-state index contributed by atoms with van der Waals surface area (Å²) in [5.74, 6) is 0.594. The van der Waals surface area contributed by atoms with Gasteiger partial charge in [0.1, 0.15) is 6.61 Å². The van der Waals surface area contributed by atoms with Gasteiger partial charge in [-0.2, -0.15) is 0 Å². The molecule has 12 heavy (non-hydrogen) atoms. The highest BCUT2D eigenvalue weighted by atomic mass is 79.9. The number of nitrogens with zero attached hydrogens (tertiary/aromatic N) is 1. The van der Waals surface area contributed by atoms with Crippen LogP contribution in [0, 0.1) is 0 Å². The maximum atomic E-state index is 5.06. The standard InChI is InChI=1S/C8H16BrNO2/c1-3-11-8(2)10-12-7-5-4-6-9/h3-7H2,1-2H3/b10-8-. The zero-order valence-corrected chi connectivity index (χ0v) is 9.26. The Labute approximate surface area is 82.2 Å². The van der Waals surface area contributed by atoms with Crippen molar-refractivity contribution in [2.75, 3.05) is 18.5 Å². The fourth-order valence-corrected chi connectivity index (χ4v) is 1.03. The summed E-state index contributed by atoms with van der Waals surface area (Å²) in [6, 6.07) is 0. The molecule has 0 saturated heterocycles. The van der Waals surface area contributed by atoms with Crippen LogP contribution in [0.5, 0.6) is 0 Å². The Morgan fingerprint density at radius 3 is 2.75 bits per heavy atom. The summed E-state index contributed by atoms with van der Waals surface area (Å²) in [7, 11) is 0. The van der Waals surface area contributed by atoms with Crippen LogP contribution in [-0.4, -0.2) is 24.4 Å². The second-order valence-corrected chi connectivity index (χ2v) is 3.07. The highest BCUT2D eigenvalue weighted by Gasteiger charge is 1.89. The van der Waals surface area contributed by atoms with Crippen LogP contribution >= 0.6 is 15.9 Å². The van der Waals surface area contributed by atoms with Gasteiger partial charge in [0.05, 0.1) is 6.61 Å². The van der Waals surface area contributed by atoms with E-state index in [-0.39, 0.29) is 0 Å². The number of unbranched alkanes of at least 4 members (excludes halogenated alkanes) is 1. The quantitative estimate of drug-likeness (QED) is 0.234. The van der Waals surface area contributed by atoms with Crippen molar-refractivity contribution in [2.24, 2.45) is 5.16 Å². The summed E-state index contributed by atoms with van der Waals surface area (Å²) in [6.07, 6.45) is 2.14. The van der Waals surface area contributed by atoms with Crippen LogP contribution in [0.3, 0.4) is 0 Å². The minimum Gasteiger partial charge on any atom is -0.479 e. The van der Waals surface area contributed by atoms with E-state index in [2.05, 4.69) is 21.1 Å². The number of alkyl halides is 1. The van der Waals surface area contributed by atoms with Crippen molar-refractivity contribution < 1.29 is 9.57 Å². The van der Waals surface area contributed by atoms with Crippen LogP contribution in [0.1, 0.15) is 26.7 Å². The maximum absolute atomic E-state index is 5.06. The van der Waals surface area contributed by atoms with Crippen LogP contribution in [0.15, 0.2) is 5.16 Å². The number of rotatable bonds is 6. The Morgan fingerprint density at radius 1 is 1.42 bits per heavy atom. The van der Waals surface area contributed by atoms with Gasteiger partial charge in [0.2, 0.25) is 5.90 Å². The van der Waals surface area contributed by atoms with Crippen molar-refractivity contribution >= 4 is 21.8 Å². The molecule has 0 unspecified atom stereocenters. The molecule has 3 nitrogen and oxygen atoms in total. The van der Waals surface area contributed by atoms with Crippen LogP contribution in [-0.2, 0) is 9.57 Å². The molecular weight excluding hydrogens is 222 g/mol. The monoisotopic (exact) mass is 237 g/mol. The molecule has 0 atom stereocenters. The molecule has 0 bridgehead atoms. The lowest BCUT2D eigenvalue weighted by atomic mass is 10.4. The summed E-state index contributed by atoms with van der Waals surface area (Å²) in [5.41, 5.74) is 0. The lowest BCUT2D eigenvalue weighted by Gasteiger charge is -2.01. The van der Waals surface area contributed by atoms with Crippen molar-refractivity contribution in [3.8, 4) is 0 Å². The van der Waals surface area contributed by atoms with Gasteiger partial charge in [-0.3, -0.25) is 0 Å². The van der Waals surface area contributed by atoms with Gasteiger partial charge in [-0.15, -0.1) is 0 Å². The summed E-state index contributed by atoms with van der Waals surface area (Å²) in [4.78, 5) is 4.99. The smallest absolute Gasteiger partial charge is 0.222 e. The van der Waals surface area contributed by atoms with Gasteiger partial charge >= 0.3 is 0 Å². The lowest BCUT2D eigenvalue weighted by Crippen LogP contribution is -2.00. The van der Waals surface area contributed by atoms with Gasteiger partial charge in [-0.1, -0.05) is 21.1 Å². The Morgan fingerprint density at radius 2 is 2.17 bits per heavy atom. The topological polar surface area (TPSA) is 30.8 Å². The molecule has 0 aromatic heterocycles. The highest BCUT2D eigenvalue weighted by molar-refractivity contribution is 9.09. The first-order chi connectivity index (χ1) is 5.81. The fraction of sp³-hybridized carbons (Fsp3) is 0.875. The molecular formula is C8H16BrNO2. The van der Waals surface area contributed by atoms with Gasteiger partial charge in [0, 0.05) is 12.3 Å². The van der Waals surface area contributed by atoms with Crippen molar-refractivity contribution in [1.82, 2.24) is 0 Å². The Balaban J connectivity index is 3.21. The SMILES string of the molecule is CCO/C(C)=N\OCCCCBr. The molecule has 72 valence electrons. The predicted octanol–water partition coefficient (Wildman–Crippen LogP) is 2.55. The first kappa shape index (κ1) is 11.8. The van der Waals surface area contributed by atoms with Crippen LogP contribution in [0.4, 0.5) is 0 Å². The van der Waals surface area contributed by atoms with Crippen molar-refractivity contribution in [3.63, 3.8) is 0 Å². The van der Waals surface area contributed by atoms with E-state index in [0.29, 0.717) is 19.1 Å². The molecule has 0 aromatic rings. The minimum atomic E-state index is 0.594. The maximum Gasteiger partial charge on any atom is 0.222 e. The third kappa shape index (κ3) is 7.85. The first-order valence-electron chi connectivity index (χ1n) is 4.16. The average molecular weight is 238 g/mol. The van der Waals surface area contributed by atoms with Crippen molar-refractivity contribution in [1.29, 1.82) is 0 Å². The van der Waals surface area contributed by atoms with E-state index in [1.807, 2.05) is 6.92 Å². The van der Waals surface area contributed by atoms with E-state index in [0.717, 1.165) is 18.2 Å². The highest BCUT2D eigenvalue weighted by Crippen LogP contribution is 1.94. The summed E-state index contributed by atoms with van der Waals surface area (Å²) >= 11 is 3.34. The van der Waals surface area contributed by atoms with E-state index >= 15 is 0 Å². The number of ether oxygens (including phenoxy) is 1. The number of hydrogen-bond donors (Lipinski definition) is 0. The Hall–Kier alpha value is -0.250. The largest absolute Gasteiger partial charge is 0.479 e. The summed E-state index contributed by atoms with van der Waals surface area (Å²) in [6.45, 7) is 5.01. The molecule has 0 aliphatic rings. The lowest BCUT2D eigenvalue weighted by molar-refractivity contribution is 0.130. The molecule has 0 N–H and O–H groups in total. The molecule has 0 radical (unpaired) electrons. The molecule has 0 amide bonds. The molecule has 0 saturated carbocycles. The second kappa shape index (κ2) is 8.84. The van der Waals surface area contributed by atoms with Crippen molar-refractivity contribution in [3.05, 3.63) is 0 Å². The van der Waals surface area contributed by atoms with Gasteiger partial charge in [-0.25, -0.2) is 0 Å². The van der Waals surface area contributed by atoms with Crippen LogP contribution < -0.4 is 0 Å². The Kier molecular flexibility index (Phi) is 8.66. The molecule has 0 heterocycles. The Bertz CT molecular complexity index is 128. The van der Waals surface area contributed by atoms with Crippen LogP contribution in [0.2, 0.25) is 0 Å². The van der Waals surface area contributed by atoms with Gasteiger partial charge in [0.25, 0.3) is 0 Å². The molecule has 4 heteroatoms. The molecule has 0 fully saturated rings. The van der Waals surface area contributed by atoms with Gasteiger partial charge in [0.15, 0.2) is 0 Å². The predicted molar refractivity (Wildman–Crippen MR) is 53.7 cm³/mol. The molecule has 0 aliphatic carbocycles. The normalized spacial score (nSPS) is 11.4. The number of hydrogen-bond acceptors (Lipinski definition) is 3. The third-order valence-corrected chi connectivity index (χ3v) is 1.73. The number of oxime groups is 1. The zero-order valence-electron chi connectivity index (χ0n) is 7.68. The third-order valence-electron chi connectivity index (χ3n) is 1.17. The summed E-state index contributed by atoms with van der Waals surface area (Å²) in [5, 5.41) is 4.78. The second-order valence-electron chi connectivity index (χ2n) is 2.27. The molecule has 0 rings (SSSR count). The van der Waals surface area contributed by atoms with Gasteiger partial charge < -0.3 is 9.57 Å². The number of halogens is 1. The first-order valence-corrected chi connectivity index (χ1v) is 5.28. The van der Waals surface area contributed by atoms with E-state index in [1.165, 1.54) is 0 Å². The molecule has 0 spiro atoms. The van der Waals surface area contributed by atoms with Crippen LogP contribution in [0.25, 0.3) is 0 Å². The average Bonchev–Trinajstić information content (AvgIpc) is 2.05. The zero-order chi connectivity index (χ0) is 9.23. The fourth-order valence-electron chi connectivity index (χ4n) is 0.633. The minimum absolute atomic E-state index is 0.594. The van der Waals surface area contributed by atoms with E-state index in [4.69, 9.17) is 9.57 Å². The van der Waals surface area contributed by atoms with E-state index in [9.17, 15) is 0 Å². The van der Waals surface area contributed by atoms with E-state index < -0.39 is 0 Å².